The fourth-order valence-electron chi connectivity index (χ4n) is 13.5. The molecule has 17 rings (SSSR count). The molecule has 14 aromatic rings. The first kappa shape index (κ1) is 39.9. The van der Waals surface area contributed by atoms with Gasteiger partial charge in [-0.15, -0.1) is 0 Å². The molecular formula is C68H42N6. The van der Waals surface area contributed by atoms with E-state index in [-0.39, 0.29) is 0 Å². The quantitative estimate of drug-likeness (QED) is 0.170. The second-order valence-electron chi connectivity index (χ2n) is 20.1. The van der Waals surface area contributed by atoms with Crippen molar-refractivity contribution in [1.29, 1.82) is 0 Å². The van der Waals surface area contributed by atoms with Gasteiger partial charge in [-0.1, -0.05) is 140 Å². The van der Waals surface area contributed by atoms with Crippen LogP contribution in [0.4, 0.5) is 0 Å². The van der Waals surface area contributed by atoms with Crippen molar-refractivity contribution in [3.63, 3.8) is 0 Å². The smallest absolute Gasteiger partial charge is 0.131 e. The topological polar surface area (TPSA) is 45.0 Å². The van der Waals surface area contributed by atoms with Crippen molar-refractivity contribution in [2.75, 3.05) is 0 Å². The second-order valence-corrected chi connectivity index (χ2v) is 20.1. The molecule has 74 heavy (non-hydrogen) atoms. The monoisotopic (exact) mass is 942 g/mol. The first-order valence-corrected chi connectivity index (χ1v) is 25.5. The highest BCUT2D eigenvalue weighted by atomic mass is 15.1. The number of rotatable bonds is 5. The third-order valence-electron chi connectivity index (χ3n) is 16.5. The van der Waals surface area contributed by atoms with Crippen LogP contribution in [0.25, 0.3) is 127 Å². The van der Waals surface area contributed by atoms with Gasteiger partial charge >= 0.3 is 0 Å². The maximum atomic E-state index is 5.71. The lowest BCUT2D eigenvalue weighted by molar-refractivity contribution is 0.559. The van der Waals surface area contributed by atoms with Crippen LogP contribution in [-0.2, 0) is 5.54 Å². The fraction of sp³-hybridized carbons (Fsp3) is 0.0294. The summed E-state index contributed by atoms with van der Waals surface area (Å²) in [6.07, 6.45) is 11.6. The Morgan fingerprint density at radius 3 is 1.46 bits per heavy atom. The Morgan fingerprint density at radius 1 is 0.378 bits per heavy atom. The third kappa shape index (κ3) is 5.13. The van der Waals surface area contributed by atoms with E-state index < -0.39 is 5.54 Å². The molecule has 0 fully saturated rings. The molecule has 5 aromatic heterocycles. The second kappa shape index (κ2) is 14.7. The average molecular weight is 943 g/mol. The predicted molar refractivity (Wildman–Crippen MR) is 307 cm³/mol. The molecule has 0 radical (unpaired) electrons. The molecule has 3 aliphatic rings. The number of pyridine rings is 1. The van der Waals surface area contributed by atoms with E-state index in [1.54, 1.807) is 0 Å². The predicted octanol–water partition coefficient (Wildman–Crippen LogP) is 16.6. The van der Waals surface area contributed by atoms with Crippen molar-refractivity contribution in [2.45, 2.75) is 12.0 Å². The molecule has 9 aromatic carbocycles. The summed E-state index contributed by atoms with van der Waals surface area (Å²) in [6, 6.07) is 77.9. The van der Waals surface area contributed by atoms with Crippen LogP contribution in [0.15, 0.2) is 236 Å². The van der Waals surface area contributed by atoms with Crippen LogP contribution in [-0.4, -0.2) is 29.5 Å². The Morgan fingerprint density at radius 2 is 0.851 bits per heavy atom. The zero-order valence-electron chi connectivity index (χ0n) is 40.0. The number of nitrogens with zero attached hydrogens (tertiary/aromatic N) is 6. The van der Waals surface area contributed by atoms with E-state index in [0.29, 0.717) is 0 Å². The van der Waals surface area contributed by atoms with Gasteiger partial charge in [-0.3, -0.25) is 9.98 Å². The summed E-state index contributed by atoms with van der Waals surface area (Å²) >= 11 is 0. The first-order valence-electron chi connectivity index (χ1n) is 25.5. The van der Waals surface area contributed by atoms with Crippen LogP contribution >= 0.6 is 0 Å². The lowest BCUT2D eigenvalue weighted by atomic mass is 9.72. The van der Waals surface area contributed by atoms with Crippen LogP contribution in [0, 0.1) is 0 Å². The molecule has 0 saturated heterocycles. The molecule has 0 bridgehead atoms. The zero-order valence-corrected chi connectivity index (χ0v) is 40.0. The van der Waals surface area contributed by atoms with Gasteiger partial charge in [-0.25, -0.2) is 0 Å². The first-order chi connectivity index (χ1) is 36.7. The maximum Gasteiger partial charge on any atom is 0.131 e. The number of aliphatic imine (C=N–C) groups is 1. The minimum atomic E-state index is -0.632. The van der Waals surface area contributed by atoms with Crippen molar-refractivity contribution in [3.8, 4) is 33.9 Å². The molecule has 1 spiro atoms. The van der Waals surface area contributed by atoms with Gasteiger partial charge in [0.1, 0.15) is 5.54 Å². The van der Waals surface area contributed by atoms with Crippen LogP contribution in [0.5, 0.6) is 0 Å². The van der Waals surface area contributed by atoms with Gasteiger partial charge in [0.2, 0.25) is 0 Å². The van der Waals surface area contributed by atoms with Crippen molar-refractivity contribution in [1.82, 2.24) is 23.3 Å². The fourth-order valence-corrected chi connectivity index (χ4v) is 13.5. The van der Waals surface area contributed by atoms with Gasteiger partial charge in [0.05, 0.1) is 55.7 Å². The number of hydrogen-bond acceptors (Lipinski definition) is 2. The molecule has 7 heterocycles. The molecule has 2 aliphatic heterocycles. The number of fused-ring (bicyclic) bond motifs is 15. The lowest BCUT2D eigenvalue weighted by Crippen LogP contribution is -2.33. The van der Waals surface area contributed by atoms with Crippen LogP contribution in [0.1, 0.15) is 28.8 Å². The van der Waals surface area contributed by atoms with Crippen LogP contribution < -0.4 is 0 Å². The maximum absolute atomic E-state index is 5.71. The van der Waals surface area contributed by atoms with Gasteiger partial charge < -0.3 is 18.3 Å². The number of allylic oxidation sites excluding steroid dienone is 1. The number of benzene rings is 9. The molecule has 0 saturated carbocycles. The van der Waals surface area contributed by atoms with Crippen LogP contribution in [0.3, 0.4) is 0 Å². The minimum absolute atomic E-state index is 0.632. The third-order valence-corrected chi connectivity index (χ3v) is 16.5. The molecule has 344 valence electrons. The summed E-state index contributed by atoms with van der Waals surface area (Å²) in [7, 11) is 0. The van der Waals surface area contributed by atoms with E-state index in [1.807, 2.05) is 6.20 Å². The summed E-state index contributed by atoms with van der Waals surface area (Å²) in [5, 5.41) is 8.67. The normalized spacial score (nSPS) is 15.7. The summed E-state index contributed by atoms with van der Waals surface area (Å²) in [5.41, 5.74) is 21.5. The molecule has 1 atom stereocenters. The standard InChI is InChI=1S/C68H42N6/c1-12-28-61(73-62-29-13-6-21-50(62)53-38-42(31-33-64(53)73)71-57-24-8-2-17-46(57)47-18-3-9-25-58(47)71)45(16-1)44-35-37-69-40-55(44)56-41-70-68-36-15-23-51-54-39-43(72-59-26-10-4-19-48(59)49-20-5-11-27-60(49)72)32-34-65(54)74(67(51)68)63-30-14-7-22-52(63)66(56)68/h1-35,37-41H,36H2. The van der Waals surface area contributed by atoms with Gasteiger partial charge in [-0.05, 0) is 90.5 Å². The van der Waals surface area contributed by atoms with Crippen LogP contribution in [0.2, 0.25) is 0 Å². The SMILES string of the molecule is C1=Cc2c3n(c4ccc(-n5c6ccccc6c6ccccc65)cc24)-c2ccccc2C2=C(c4cnccc4-c4ccccc4-n4c5ccccc5c5cc(-n6c7ccccc7c7ccccc76)ccc54)C=NC23C1. The largest absolute Gasteiger partial charge is 0.309 e. The highest BCUT2D eigenvalue weighted by Crippen LogP contribution is 2.59. The van der Waals surface area contributed by atoms with Gasteiger partial charge in [-0.2, -0.15) is 0 Å². The Kier molecular flexibility index (Phi) is 7.90. The van der Waals surface area contributed by atoms with E-state index in [9.17, 15) is 0 Å². The van der Waals surface area contributed by atoms with Crippen molar-refractivity contribution >= 4 is 99.8 Å². The Hall–Kier alpha value is -9.78. The molecule has 6 nitrogen and oxygen atoms in total. The van der Waals surface area contributed by atoms with E-state index in [2.05, 4.69) is 255 Å². The molecule has 0 amide bonds. The summed E-state index contributed by atoms with van der Waals surface area (Å²) in [4.78, 5) is 10.6. The number of para-hydroxylation sites is 7. The molecule has 1 unspecified atom stereocenters. The van der Waals surface area contributed by atoms with Crippen molar-refractivity contribution in [2.24, 2.45) is 4.99 Å². The molecule has 6 heteroatoms. The van der Waals surface area contributed by atoms with Gasteiger partial charge in [0, 0.05) is 108 Å². The van der Waals surface area contributed by atoms with E-state index >= 15 is 0 Å². The summed E-state index contributed by atoms with van der Waals surface area (Å²) in [5.74, 6) is 0. The Bertz CT molecular complexity index is 4780. The number of aromatic nitrogens is 5. The van der Waals surface area contributed by atoms with E-state index in [0.717, 1.165) is 56.8 Å². The van der Waals surface area contributed by atoms with E-state index in [1.165, 1.54) is 93.4 Å². The Balaban J connectivity index is 0.855. The van der Waals surface area contributed by atoms with Crippen molar-refractivity contribution in [3.05, 3.63) is 253 Å². The van der Waals surface area contributed by atoms with E-state index in [4.69, 9.17) is 9.98 Å². The Labute approximate surface area is 424 Å². The summed E-state index contributed by atoms with van der Waals surface area (Å²) < 4.78 is 9.81. The average Bonchev–Trinajstić information content (AvgIpc) is 4.37. The minimum Gasteiger partial charge on any atom is -0.309 e. The molecular weight excluding hydrogens is 901 g/mol. The lowest BCUT2D eigenvalue weighted by Gasteiger charge is -2.39. The van der Waals surface area contributed by atoms with Gasteiger partial charge in [0.15, 0.2) is 0 Å². The van der Waals surface area contributed by atoms with Gasteiger partial charge in [0.25, 0.3) is 0 Å². The highest BCUT2D eigenvalue weighted by molar-refractivity contribution is 6.27. The highest BCUT2D eigenvalue weighted by Gasteiger charge is 2.50. The summed E-state index contributed by atoms with van der Waals surface area (Å²) in [6.45, 7) is 0. The molecule has 0 N–H and O–H groups in total. The zero-order chi connectivity index (χ0) is 48.2. The van der Waals surface area contributed by atoms with Crippen molar-refractivity contribution < 1.29 is 0 Å². The molecule has 1 aliphatic carbocycles. The number of hydrogen-bond donors (Lipinski definition) is 0.